The summed E-state index contributed by atoms with van der Waals surface area (Å²) in [7, 11) is 0. The molecule has 1 N–H and O–H groups in total. The van der Waals surface area contributed by atoms with E-state index >= 15 is 0 Å². The number of hydrogen-bond acceptors (Lipinski definition) is 3. The molecule has 2 aromatic rings. The van der Waals surface area contributed by atoms with Crippen LogP contribution in [-0.2, 0) is 6.42 Å². The number of nitro benzene ring substituents is 1. The van der Waals surface area contributed by atoms with Gasteiger partial charge >= 0.3 is 0 Å². The number of halogens is 1. The Balaban J connectivity index is 2.02. The van der Waals surface area contributed by atoms with Gasteiger partial charge in [-0.15, -0.1) is 0 Å². The van der Waals surface area contributed by atoms with Crippen LogP contribution in [0.1, 0.15) is 5.56 Å². The van der Waals surface area contributed by atoms with E-state index in [0.29, 0.717) is 17.3 Å². The second-order valence-electron chi connectivity index (χ2n) is 4.08. The monoisotopic (exact) mass is 276 g/mol. The first kappa shape index (κ1) is 13.4. The molecule has 0 saturated heterocycles. The van der Waals surface area contributed by atoms with E-state index in [1.807, 2.05) is 30.3 Å². The van der Waals surface area contributed by atoms with Crippen molar-refractivity contribution in [3.05, 3.63) is 69.2 Å². The van der Waals surface area contributed by atoms with Crippen LogP contribution < -0.4 is 5.32 Å². The van der Waals surface area contributed by atoms with Crippen molar-refractivity contribution in [1.29, 1.82) is 0 Å². The van der Waals surface area contributed by atoms with Crippen LogP contribution in [0.15, 0.2) is 48.5 Å². The van der Waals surface area contributed by atoms with Gasteiger partial charge in [-0.2, -0.15) is 0 Å². The molecule has 0 fully saturated rings. The number of nitro groups is 1. The summed E-state index contributed by atoms with van der Waals surface area (Å²) in [5.41, 5.74) is 1.68. The standard InChI is InChI=1S/C14H13ClN2O2/c15-12-6-7-13(14(10-12)17(18)19)16-9-8-11-4-2-1-3-5-11/h1-7,10,16H,8-9H2. The maximum Gasteiger partial charge on any atom is 0.293 e. The summed E-state index contributed by atoms with van der Waals surface area (Å²) in [6, 6.07) is 14.6. The Labute approximate surface area is 116 Å². The van der Waals surface area contributed by atoms with Crippen molar-refractivity contribution in [3.63, 3.8) is 0 Å². The molecule has 19 heavy (non-hydrogen) atoms. The molecule has 0 heterocycles. The van der Waals surface area contributed by atoms with Gasteiger partial charge in [-0.25, -0.2) is 0 Å². The first-order valence-electron chi connectivity index (χ1n) is 5.88. The van der Waals surface area contributed by atoms with Crippen LogP contribution in [0.5, 0.6) is 0 Å². The van der Waals surface area contributed by atoms with E-state index in [4.69, 9.17) is 11.6 Å². The second kappa shape index (κ2) is 6.20. The van der Waals surface area contributed by atoms with Gasteiger partial charge in [0.15, 0.2) is 0 Å². The Hall–Kier alpha value is -2.07. The molecule has 0 aliphatic rings. The lowest BCUT2D eigenvalue weighted by Gasteiger charge is -2.07. The molecule has 0 radical (unpaired) electrons. The van der Waals surface area contributed by atoms with E-state index in [2.05, 4.69) is 5.32 Å². The highest BCUT2D eigenvalue weighted by atomic mass is 35.5. The predicted molar refractivity (Wildman–Crippen MR) is 76.7 cm³/mol. The van der Waals surface area contributed by atoms with Crippen LogP contribution >= 0.6 is 11.6 Å². The summed E-state index contributed by atoms with van der Waals surface area (Å²) in [4.78, 5) is 10.5. The largest absolute Gasteiger partial charge is 0.379 e. The summed E-state index contributed by atoms with van der Waals surface area (Å²) < 4.78 is 0. The van der Waals surface area contributed by atoms with Crippen LogP contribution in [0.4, 0.5) is 11.4 Å². The topological polar surface area (TPSA) is 55.2 Å². The summed E-state index contributed by atoms with van der Waals surface area (Å²) in [5.74, 6) is 0. The lowest BCUT2D eigenvalue weighted by atomic mass is 10.1. The zero-order valence-corrected chi connectivity index (χ0v) is 10.9. The molecular formula is C14H13ClN2O2. The number of benzene rings is 2. The van der Waals surface area contributed by atoms with Gasteiger partial charge in [0.05, 0.1) is 4.92 Å². The lowest BCUT2D eigenvalue weighted by Crippen LogP contribution is -2.06. The maximum absolute atomic E-state index is 10.9. The zero-order valence-electron chi connectivity index (χ0n) is 10.2. The van der Waals surface area contributed by atoms with Crippen LogP contribution in [-0.4, -0.2) is 11.5 Å². The fraction of sp³-hybridized carbons (Fsp3) is 0.143. The molecule has 0 aliphatic carbocycles. The highest BCUT2D eigenvalue weighted by Gasteiger charge is 2.13. The van der Waals surface area contributed by atoms with Gasteiger partial charge in [0, 0.05) is 17.6 Å². The van der Waals surface area contributed by atoms with Crippen molar-refractivity contribution in [2.45, 2.75) is 6.42 Å². The molecule has 2 rings (SSSR count). The van der Waals surface area contributed by atoms with Gasteiger partial charge < -0.3 is 5.32 Å². The minimum absolute atomic E-state index is 0.000520. The molecule has 0 atom stereocenters. The van der Waals surface area contributed by atoms with E-state index in [0.717, 1.165) is 6.42 Å². The fourth-order valence-corrected chi connectivity index (χ4v) is 1.96. The SMILES string of the molecule is O=[N+]([O-])c1cc(Cl)ccc1NCCc1ccccc1. The Bertz CT molecular complexity index is 573. The number of hydrogen-bond donors (Lipinski definition) is 1. The molecule has 0 spiro atoms. The number of nitrogens with zero attached hydrogens (tertiary/aromatic N) is 1. The average molecular weight is 277 g/mol. The molecule has 5 heteroatoms. The molecule has 4 nitrogen and oxygen atoms in total. The zero-order chi connectivity index (χ0) is 13.7. The molecule has 0 amide bonds. The van der Waals surface area contributed by atoms with Gasteiger partial charge in [0.25, 0.3) is 5.69 Å². The van der Waals surface area contributed by atoms with Crippen LogP contribution in [0.3, 0.4) is 0 Å². The van der Waals surface area contributed by atoms with Gasteiger partial charge in [-0.05, 0) is 24.1 Å². The van der Waals surface area contributed by atoms with Crippen molar-refractivity contribution in [2.24, 2.45) is 0 Å². The predicted octanol–water partition coefficient (Wildman–Crippen LogP) is 3.90. The number of nitrogens with one attached hydrogen (secondary N) is 1. The smallest absolute Gasteiger partial charge is 0.293 e. The summed E-state index contributed by atoms with van der Waals surface area (Å²) in [6.07, 6.45) is 0.806. The highest BCUT2D eigenvalue weighted by Crippen LogP contribution is 2.27. The first-order valence-corrected chi connectivity index (χ1v) is 6.26. The minimum atomic E-state index is -0.434. The van der Waals surface area contributed by atoms with E-state index < -0.39 is 4.92 Å². The summed E-state index contributed by atoms with van der Waals surface area (Å²) >= 11 is 5.76. The average Bonchev–Trinajstić information content (AvgIpc) is 2.41. The van der Waals surface area contributed by atoms with Crippen LogP contribution in [0.25, 0.3) is 0 Å². The maximum atomic E-state index is 10.9. The molecule has 0 aromatic heterocycles. The normalized spacial score (nSPS) is 10.2. The fourth-order valence-electron chi connectivity index (χ4n) is 1.79. The van der Waals surface area contributed by atoms with Gasteiger partial charge in [-0.1, -0.05) is 41.9 Å². The molecule has 0 saturated carbocycles. The van der Waals surface area contributed by atoms with E-state index in [1.165, 1.54) is 11.6 Å². The molecule has 98 valence electrons. The number of anilines is 1. The van der Waals surface area contributed by atoms with E-state index in [-0.39, 0.29) is 5.69 Å². The van der Waals surface area contributed by atoms with Crippen molar-refractivity contribution in [1.82, 2.24) is 0 Å². The Kier molecular flexibility index (Phi) is 4.36. The van der Waals surface area contributed by atoms with E-state index in [1.54, 1.807) is 12.1 Å². The molecule has 0 aliphatic heterocycles. The van der Waals surface area contributed by atoms with E-state index in [9.17, 15) is 10.1 Å². The first-order chi connectivity index (χ1) is 9.16. The third-order valence-electron chi connectivity index (χ3n) is 2.73. The number of rotatable bonds is 5. The molecule has 0 bridgehead atoms. The Morgan fingerprint density at radius 2 is 1.89 bits per heavy atom. The molecular weight excluding hydrogens is 264 g/mol. The van der Waals surface area contributed by atoms with Gasteiger partial charge in [0.2, 0.25) is 0 Å². The Morgan fingerprint density at radius 3 is 2.58 bits per heavy atom. The van der Waals surface area contributed by atoms with Crippen molar-refractivity contribution < 1.29 is 4.92 Å². The summed E-state index contributed by atoms with van der Waals surface area (Å²) in [6.45, 7) is 0.631. The highest BCUT2D eigenvalue weighted by molar-refractivity contribution is 6.30. The summed E-state index contributed by atoms with van der Waals surface area (Å²) in [5, 5.41) is 14.3. The van der Waals surface area contributed by atoms with Crippen molar-refractivity contribution in [3.8, 4) is 0 Å². The third-order valence-corrected chi connectivity index (χ3v) is 2.96. The third kappa shape index (κ3) is 3.69. The van der Waals surface area contributed by atoms with Crippen LogP contribution in [0.2, 0.25) is 5.02 Å². The second-order valence-corrected chi connectivity index (χ2v) is 4.52. The quantitative estimate of drug-likeness (QED) is 0.665. The van der Waals surface area contributed by atoms with Crippen molar-refractivity contribution in [2.75, 3.05) is 11.9 Å². The van der Waals surface area contributed by atoms with Gasteiger partial charge in [-0.3, -0.25) is 10.1 Å². The minimum Gasteiger partial charge on any atom is -0.379 e. The lowest BCUT2D eigenvalue weighted by molar-refractivity contribution is -0.383. The molecule has 0 unspecified atom stereocenters. The van der Waals surface area contributed by atoms with Crippen molar-refractivity contribution >= 4 is 23.0 Å². The van der Waals surface area contributed by atoms with Gasteiger partial charge in [0.1, 0.15) is 5.69 Å². The Morgan fingerprint density at radius 1 is 1.16 bits per heavy atom. The van der Waals surface area contributed by atoms with Crippen LogP contribution in [0, 0.1) is 10.1 Å². The molecule has 2 aromatic carbocycles.